The number of primary sulfonamides is 1. The van der Waals surface area contributed by atoms with Gasteiger partial charge in [0, 0.05) is 12.6 Å². The molecule has 1 aromatic rings. The molecule has 0 aliphatic heterocycles. The Morgan fingerprint density at radius 3 is 2.29 bits per heavy atom. The number of benzene rings is 1. The maximum Gasteiger partial charge on any atom is 0.257 e. The van der Waals surface area contributed by atoms with Gasteiger partial charge in [-0.1, -0.05) is 6.92 Å². The Bertz CT molecular complexity index is 672. The highest BCUT2D eigenvalue weighted by Gasteiger charge is 2.30. The quantitative estimate of drug-likeness (QED) is 0.919. The number of nitrogens with zero attached hydrogens (tertiary/aromatic N) is 1. The molecule has 0 heterocycles. The number of hydrogen-bond acceptors (Lipinski definition) is 3. The second kappa shape index (κ2) is 5.69. The first-order chi connectivity index (χ1) is 9.41. The van der Waals surface area contributed by atoms with Crippen molar-refractivity contribution in [2.45, 2.75) is 37.6 Å². The van der Waals surface area contributed by atoms with Crippen LogP contribution in [0.4, 0.5) is 8.78 Å². The van der Waals surface area contributed by atoms with Crippen LogP contribution in [0.1, 0.15) is 37.6 Å². The molecule has 0 radical (unpaired) electrons. The van der Waals surface area contributed by atoms with Gasteiger partial charge in [-0.25, -0.2) is 22.3 Å². The highest BCUT2D eigenvalue weighted by atomic mass is 32.2. The van der Waals surface area contributed by atoms with Crippen molar-refractivity contribution in [3.8, 4) is 0 Å². The second-order valence-electron chi connectivity index (χ2n) is 5.34. The number of hydrogen-bond donors (Lipinski definition) is 1. The van der Waals surface area contributed by atoms with Gasteiger partial charge in [0.05, 0.1) is 10.5 Å². The highest BCUT2D eigenvalue weighted by Crippen LogP contribution is 2.23. The molecule has 118 valence electrons. The van der Waals surface area contributed by atoms with E-state index in [4.69, 9.17) is 5.14 Å². The van der Waals surface area contributed by atoms with Crippen molar-refractivity contribution in [3.63, 3.8) is 0 Å². The van der Waals surface area contributed by atoms with Gasteiger partial charge in [0.2, 0.25) is 10.0 Å². The molecule has 0 atom stereocenters. The fourth-order valence-corrected chi connectivity index (χ4v) is 2.13. The molecule has 0 aromatic heterocycles. The Kier molecular flexibility index (Phi) is 4.74. The summed E-state index contributed by atoms with van der Waals surface area (Å²) in [6, 6.07) is 1.20. The first-order valence-electron chi connectivity index (χ1n) is 6.22. The van der Waals surface area contributed by atoms with E-state index in [-0.39, 0.29) is 0 Å². The number of rotatable bonds is 4. The maximum atomic E-state index is 13.8. The monoisotopic (exact) mass is 320 g/mol. The van der Waals surface area contributed by atoms with Crippen LogP contribution in [-0.4, -0.2) is 31.8 Å². The predicted molar refractivity (Wildman–Crippen MR) is 74.2 cm³/mol. The second-order valence-corrected chi connectivity index (χ2v) is 6.90. The van der Waals surface area contributed by atoms with Crippen LogP contribution in [-0.2, 0) is 10.0 Å². The van der Waals surface area contributed by atoms with Crippen LogP contribution in [0.2, 0.25) is 0 Å². The third-order valence-corrected chi connectivity index (χ3v) is 4.53. The Hall–Kier alpha value is -1.54. The molecule has 0 unspecified atom stereocenters. The van der Waals surface area contributed by atoms with E-state index in [9.17, 15) is 22.0 Å². The van der Waals surface area contributed by atoms with Crippen LogP contribution in [0, 0.1) is 11.6 Å². The molecule has 1 amide bonds. The highest BCUT2D eigenvalue weighted by molar-refractivity contribution is 7.89. The van der Waals surface area contributed by atoms with Crippen molar-refractivity contribution in [3.05, 3.63) is 29.3 Å². The fourth-order valence-electron chi connectivity index (χ4n) is 1.58. The first-order valence-corrected chi connectivity index (χ1v) is 7.76. The molecule has 1 aromatic carbocycles. The van der Waals surface area contributed by atoms with Crippen molar-refractivity contribution in [1.82, 2.24) is 4.90 Å². The summed E-state index contributed by atoms with van der Waals surface area (Å²) in [5.74, 6) is -3.65. The van der Waals surface area contributed by atoms with E-state index < -0.39 is 43.6 Å². The van der Waals surface area contributed by atoms with E-state index in [1.54, 1.807) is 13.8 Å². The average Bonchev–Trinajstić information content (AvgIpc) is 2.38. The summed E-state index contributed by atoms with van der Waals surface area (Å²) in [5, 5.41) is 4.89. The third kappa shape index (κ3) is 3.56. The first kappa shape index (κ1) is 17.5. The van der Waals surface area contributed by atoms with E-state index in [1.165, 1.54) is 11.9 Å². The molecular weight excluding hydrogens is 302 g/mol. The fraction of sp³-hybridized carbons (Fsp3) is 0.462. The van der Waals surface area contributed by atoms with Gasteiger partial charge in [0.15, 0.2) is 11.6 Å². The molecule has 0 saturated carbocycles. The van der Waals surface area contributed by atoms with Gasteiger partial charge in [0.25, 0.3) is 5.91 Å². The topological polar surface area (TPSA) is 80.5 Å². The van der Waals surface area contributed by atoms with Crippen LogP contribution in [0.3, 0.4) is 0 Å². The zero-order valence-electron chi connectivity index (χ0n) is 12.3. The average molecular weight is 320 g/mol. The standard InChI is InChI=1S/C13H18F2N2O3S/c1-5-13(2,3)17(4)12(18)9-6-8(21(16,19)20)7-10(14)11(9)15/h6-7H,5H2,1-4H3,(H2,16,19,20). The molecule has 2 N–H and O–H groups in total. The summed E-state index contributed by atoms with van der Waals surface area (Å²) >= 11 is 0. The minimum Gasteiger partial charge on any atom is -0.337 e. The normalized spacial score (nSPS) is 12.3. The lowest BCUT2D eigenvalue weighted by Crippen LogP contribution is -2.44. The smallest absolute Gasteiger partial charge is 0.257 e. The van der Waals surface area contributed by atoms with Crippen LogP contribution < -0.4 is 5.14 Å². The summed E-state index contributed by atoms with van der Waals surface area (Å²) in [6.07, 6.45) is 0.578. The van der Waals surface area contributed by atoms with Crippen LogP contribution in [0.15, 0.2) is 17.0 Å². The Morgan fingerprint density at radius 2 is 1.86 bits per heavy atom. The predicted octanol–water partition coefficient (Wildman–Crippen LogP) is 1.87. The number of halogens is 2. The zero-order chi connectivity index (χ0) is 16.6. The van der Waals surface area contributed by atoms with E-state index >= 15 is 0 Å². The zero-order valence-corrected chi connectivity index (χ0v) is 13.1. The van der Waals surface area contributed by atoms with E-state index in [1.807, 2.05) is 6.92 Å². The number of amides is 1. The van der Waals surface area contributed by atoms with Gasteiger partial charge in [-0.15, -0.1) is 0 Å². The molecular formula is C13H18F2N2O3S. The molecule has 0 saturated heterocycles. The number of nitrogens with two attached hydrogens (primary N) is 1. The summed E-state index contributed by atoms with van der Waals surface area (Å²) in [6.45, 7) is 5.34. The third-order valence-electron chi connectivity index (χ3n) is 3.64. The van der Waals surface area contributed by atoms with Crippen molar-refractivity contribution in [2.75, 3.05) is 7.05 Å². The summed E-state index contributed by atoms with van der Waals surface area (Å²) in [5.41, 5.74) is -1.26. The van der Waals surface area contributed by atoms with Gasteiger partial charge in [0.1, 0.15) is 0 Å². The SMILES string of the molecule is CCC(C)(C)N(C)C(=O)c1cc(S(N)(=O)=O)cc(F)c1F. The van der Waals surface area contributed by atoms with Crippen LogP contribution in [0.5, 0.6) is 0 Å². The molecule has 21 heavy (non-hydrogen) atoms. The van der Waals surface area contributed by atoms with Gasteiger partial charge >= 0.3 is 0 Å². The lowest BCUT2D eigenvalue weighted by atomic mass is 9.98. The van der Waals surface area contributed by atoms with Gasteiger partial charge < -0.3 is 4.90 Å². The molecule has 0 aliphatic rings. The lowest BCUT2D eigenvalue weighted by molar-refractivity contribution is 0.0614. The summed E-state index contributed by atoms with van der Waals surface area (Å²) in [4.78, 5) is 12.9. The van der Waals surface area contributed by atoms with Crippen LogP contribution >= 0.6 is 0 Å². The maximum absolute atomic E-state index is 13.8. The molecule has 5 nitrogen and oxygen atoms in total. The van der Waals surface area contributed by atoms with Crippen molar-refractivity contribution >= 4 is 15.9 Å². The summed E-state index contributed by atoms with van der Waals surface area (Å²) in [7, 11) is -2.80. The van der Waals surface area contributed by atoms with Gasteiger partial charge in [-0.2, -0.15) is 0 Å². The van der Waals surface area contributed by atoms with Crippen LogP contribution in [0.25, 0.3) is 0 Å². The minimum atomic E-state index is -4.24. The molecule has 0 spiro atoms. The molecule has 0 fully saturated rings. The molecule has 1 rings (SSSR count). The molecule has 0 aliphatic carbocycles. The Morgan fingerprint density at radius 1 is 1.33 bits per heavy atom. The van der Waals surface area contributed by atoms with Crippen molar-refractivity contribution in [1.29, 1.82) is 0 Å². The molecule has 0 bridgehead atoms. The van der Waals surface area contributed by atoms with Gasteiger partial charge in [-0.05, 0) is 32.4 Å². The van der Waals surface area contributed by atoms with E-state index in [2.05, 4.69) is 0 Å². The van der Waals surface area contributed by atoms with Crippen molar-refractivity contribution in [2.24, 2.45) is 5.14 Å². The largest absolute Gasteiger partial charge is 0.337 e. The Balaban J connectivity index is 3.43. The molecule has 8 heteroatoms. The number of carbonyl (C=O) groups is 1. The number of sulfonamides is 1. The number of carbonyl (C=O) groups excluding carboxylic acids is 1. The summed E-state index contributed by atoms with van der Waals surface area (Å²) < 4.78 is 49.8. The van der Waals surface area contributed by atoms with Crippen molar-refractivity contribution < 1.29 is 22.0 Å². The Labute approximate surface area is 122 Å². The van der Waals surface area contributed by atoms with Gasteiger partial charge in [-0.3, -0.25) is 4.79 Å². The van der Waals surface area contributed by atoms with E-state index in [0.717, 1.165) is 6.07 Å². The lowest BCUT2D eigenvalue weighted by Gasteiger charge is -2.35. The van der Waals surface area contributed by atoms with E-state index in [0.29, 0.717) is 12.5 Å². The minimum absolute atomic E-state index is 0.451.